The highest BCUT2D eigenvalue weighted by Gasteiger charge is 2.23. The second-order valence-electron chi connectivity index (χ2n) is 4.57. The van der Waals surface area contributed by atoms with E-state index in [0.29, 0.717) is 0 Å². The van der Waals surface area contributed by atoms with Crippen LogP contribution in [0.4, 0.5) is 0 Å². The molecule has 1 saturated heterocycles. The van der Waals surface area contributed by atoms with E-state index in [1.165, 1.54) is 0 Å². The van der Waals surface area contributed by atoms with Crippen LogP contribution in [0, 0.1) is 0 Å². The summed E-state index contributed by atoms with van der Waals surface area (Å²) < 4.78 is 3.75. The Bertz CT molecular complexity index is 550. The van der Waals surface area contributed by atoms with Crippen molar-refractivity contribution in [1.82, 2.24) is 19.4 Å². The highest BCUT2D eigenvalue weighted by molar-refractivity contribution is 5.52. The lowest BCUT2D eigenvalue weighted by molar-refractivity contribution is 0.364. The Kier molecular flexibility index (Phi) is 2.48. The highest BCUT2D eigenvalue weighted by atomic mass is 16.1. The van der Waals surface area contributed by atoms with E-state index in [1.807, 2.05) is 34.5 Å². The molecule has 0 spiro atoms. The number of aromatic nitrogens is 3. The predicted molar refractivity (Wildman–Crippen MR) is 65.2 cm³/mol. The second kappa shape index (κ2) is 4.00. The van der Waals surface area contributed by atoms with Gasteiger partial charge in [-0.2, -0.15) is 4.98 Å². The smallest absolute Gasteiger partial charge is 0.334 e. The molecule has 90 valence electrons. The Hall–Kier alpha value is -1.62. The van der Waals surface area contributed by atoms with E-state index in [1.54, 1.807) is 0 Å². The number of hydrogen-bond acceptors (Lipinski definition) is 3. The average molecular weight is 232 g/mol. The summed E-state index contributed by atoms with van der Waals surface area (Å²) in [5, 5.41) is 3.31. The number of aryl methyl sites for hydroxylation is 1. The van der Waals surface area contributed by atoms with Crippen LogP contribution in [-0.4, -0.2) is 27.2 Å². The van der Waals surface area contributed by atoms with Crippen LogP contribution in [0.25, 0.3) is 11.5 Å². The summed E-state index contributed by atoms with van der Waals surface area (Å²) in [4.78, 5) is 16.1. The molecule has 0 saturated carbocycles. The van der Waals surface area contributed by atoms with Gasteiger partial charge in [-0.1, -0.05) is 0 Å². The first-order valence-electron chi connectivity index (χ1n) is 6.01. The molecule has 5 nitrogen and oxygen atoms in total. The summed E-state index contributed by atoms with van der Waals surface area (Å²) in [7, 11) is 1.92. The predicted octanol–water partition coefficient (Wildman–Crippen LogP) is 0.611. The van der Waals surface area contributed by atoms with Crippen molar-refractivity contribution < 1.29 is 0 Å². The highest BCUT2D eigenvalue weighted by Crippen LogP contribution is 2.25. The third kappa shape index (κ3) is 1.67. The fourth-order valence-electron chi connectivity index (χ4n) is 2.58. The van der Waals surface area contributed by atoms with E-state index in [4.69, 9.17) is 0 Å². The van der Waals surface area contributed by atoms with Gasteiger partial charge in [0.25, 0.3) is 0 Å². The fourth-order valence-corrected chi connectivity index (χ4v) is 2.58. The van der Waals surface area contributed by atoms with Crippen molar-refractivity contribution in [3.05, 3.63) is 28.8 Å². The SMILES string of the molecule is Cn1cccc2n(C3CCNCC3)c(=O)nc1-2. The van der Waals surface area contributed by atoms with Gasteiger partial charge in [-0.15, -0.1) is 0 Å². The van der Waals surface area contributed by atoms with Gasteiger partial charge in [-0.05, 0) is 38.1 Å². The van der Waals surface area contributed by atoms with Crippen molar-refractivity contribution in [3.63, 3.8) is 0 Å². The van der Waals surface area contributed by atoms with Gasteiger partial charge >= 0.3 is 5.69 Å². The molecule has 0 aliphatic carbocycles. The minimum Gasteiger partial charge on any atom is -0.334 e. The molecule has 1 N–H and O–H groups in total. The van der Waals surface area contributed by atoms with E-state index in [9.17, 15) is 4.79 Å². The lowest BCUT2D eigenvalue weighted by atomic mass is 10.1. The van der Waals surface area contributed by atoms with E-state index < -0.39 is 0 Å². The van der Waals surface area contributed by atoms with Crippen molar-refractivity contribution >= 4 is 0 Å². The molecule has 0 bridgehead atoms. The van der Waals surface area contributed by atoms with Crippen LogP contribution >= 0.6 is 0 Å². The minimum atomic E-state index is -0.117. The normalized spacial score (nSPS) is 17.7. The molecule has 17 heavy (non-hydrogen) atoms. The zero-order valence-corrected chi connectivity index (χ0v) is 9.89. The topological polar surface area (TPSA) is 51.9 Å². The molecule has 3 heterocycles. The Morgan fingerprint density at radius 3 is 2.94 bits per heavy atom. The molecular formula is C12H16N4O. The molecule has 0 amide bonds. The molecule has 0 atom stereocenters. The van der Waals surface area contributed by atoms with Gasteiger partial charge in [0.15, 0.2) is 5.82 Å². The van der Waals surface area contributed by atoms with E-state index in [0.717, 1.165) is 37.4 Å². The van der Waals surface area contributed by atoms with Crippen LogP contribution in [-0.2, 0) is 7.05 Å². The first kappa shape index (κ1) is 10.5. The zero-order chi connectivity index (χ0) is 11.8. The summed E-state index contributed by atoms with van der Waals surface area (Å²) in [5.41, 5.74) is 0.834. The number of nitrogens with one attached hydrogen (secondary N) is 1. The average Bonchev–Trinajstić information content (AvgIpc) is 2.68. The van der Waals surface area contributed by atoms with Gasteiger partial charge in [0.05, 0.1) is 5.69 Å². The molecule has 0 aromatic heterocycles. The molecule has 3 rings (SSSR count). The largest absolute Gasteiger partial charge is 0.350 e. The van der Waals surface area contributed by atoms with Crippen LogP contribution < -0.4 is 11.0 Å². The van der Waals surface area contributed by atoms with E-state index in [-0.39, 0.29) is 11.7 Å². The van der Waals surface area contributed by atoms with Crippen molar-refractivity contribution in [3.8, 4) is 11.5 Å². The number of imidazole rings is 1. The molecule has 0 aromatic rings. The van der Waals surface area contributed by atoms with Crippen molar-refractivity contribution in [2.75, 3.05) is 13.1 Å². The third-order valence-electron chi connectivity index (χ3n) is 3.47. The van der Waals surface area contributed by atoms with Crippen LogP contribution in [0.1, 0.15) is 18.9 Å². The molecule has 0 unspecified atom stereocenters. The standard InChI is InChI=1S/C12H16N4O/c1-15-8-2-3-10-11(15)14-12(17)16(10)9-4-6-13-7-5-9/h2-3,8-9,13H,4-7H2,1H3. The first-order chi connectivity index (χ1) is 8.27. The minimum absolute atomic E-state index is 0.117. The summed E-state index contributed by atoms with van der Waals surface area (Å²) >= 11 is 0. The molecule has 1 fully saturated rings. The molecule has 5 heteroatoms. The van der Waals surface area contributed by atoms with Gasteiger partial charge in [0.2, 0.25) is 0 Å². The van der Waals surface area contributed by atoms with E-state index in [2.05, 4.69) is 10.3 Å². The lowest BCUT2D eigenvalue weighted by Gasteiger charge is -2.24. The number of nitrogens with zero attached hydrogens (tertiary/aromatic N) is 3. The third-order valence-corrected chi connectivity index (χ3v) is 3.47. The second-order valence-corrected chi connectivity index (χ2v) is 4.57. The van der Waals surface area contributed by atoms with Gasteiger partial charge < -0.3 is 9.88 Å². The van der Waals surface area contributed by atoms with Crippen molar-refractivity contribution in [2.45, 2.75) is 18.9 Å². The Morgan fingerprint density at radius 2 is 2.18 bits per heavy atom. The Balaban J connectivity index is 2.12. The van der Waals surface area contributed by atoms with Crippen molar-refractivity contribution in [1.29, 1.82) is 0 Å². The van der Waals surface area contributed by atoms with Gasteiger partial charge in [0, 0.05) is 19.3 Å². The molecule has 3 aliphatic rings. The van der Waals surface area contributed by atoms with Crippen LogP contribution in [0.3, 0.4) is 0 Å². The quantitative estimate of drug-likeness (QED) is 0.784. The molecule has 3 aliphatic heterocycles. The van der Waals surface area contributed by atoms with Crippen LogP contribution in [0.2, 0.25) is 0 Å². The first-order valence-corrected chi connectivity index (χ1v) is 6.01. The maximum Gasteiger partial charge on any atom is 0.350 e. The zero-order valence-electron chi connectivity index (χ0n) is 9.89. The Morgan fingerprint density at radius 1 is 1.41 bits per heavy atom. The molecule has 0 radical (unpaired) electrons. The number of hydrogen-bond donors (Lipinski definition) is 1. The van der Waals surface area contributed by atoms with Crippen LogP contribution in [0.5, 0.6) is 0 Å². The van der Waals surface area contributed by atoms with E-state index >= 15 is 0 Å². The summed E-state index contributed by atoms with van der Waals surface area (Å²) in [6.45, 7) is 1.95. The number of fused-ring (bicyclic) bond motifs is 1. The Labute approximate surface area is 99.4 Å². The maximum atomic E-state index is 12.0. The van der Waals surface area contributed by atoms with Gasteiger partial charge in [-0.25, -0.2) is 4.79 Å². The van der Waals surface area contributed by atoms with Crippen LogP contribution in [0.15, 0.2) is 23.1 Å². The maximum absolute atomic E-state index is 12.0. The lowest BCUT2D eigenvalue weighted by Crippen LogP contribution is -2.33. The number of pyridine rings is 1. The molecular weight excluding hydrogens is 216 g/mol. The van der Waals surface area contributed by atoms with Crippen molar-refractivity contribution in [2.24, 2.45) is 7.05 Å². The number of rotatable bonds is 1. The molecule has 0 aromatic carbocycles. The number of piperidine rings is 1. The summed E-state index contributed by atoms with van der Waals surface area (Å²) in [6.07, 6.45) is 3.92. The monoisotopic (exact) mass is 232 g/mol. The summed E-state index contributed by atoms with van der Waals surface area (Å²) in [6, 6.07) is 4.23. The fraction of sp³-hybridized carbons (Fsp3) is 0.500. The van der Waals surface area contributed by atoms with Gasteiger partial charge in [0.1, 0.15) is 0 Å². The van der Waals surface area contributed by atoms with Gasteiger partial charge in [-0.3, -0.25) is 4.57 Å². The summed E-state index contributed by atoms with van der Waals surface area (Å²) in [5.74, 6) is 0.774.